The van der Waals surface area contributed by atoms with Crippen molar-refractivity contribution in [1.82, 2.24) is 10.2 Å². The molecular formula is C18H22N4O. The molecule has 0 aliphatic rings. The van der Waals surface area contributed by atoms with Crippen molar-refractivity contribution in [3.63, 3.8) is 0 Å². The van der Waals surface area contributed by atoms with Crippen molar-refractivity contribution in [2.24, 2.45) is 0 Å². The Hall–Kier alpha value is -2.61. The van der Waals surface area contributed by atoms with Gasteiger partial charge in [-0.15, -0.1) is 5.10 Å². The van der Waals surface area contributed by atoms with Crippen LogP contribution in [0, 0.1) is 32.1 Å². The zero-order chi connectivity index (χ0) is 16.8. The topological polar surface area (TPSA) is 70.8 Å². The molecule has 0 bridgehead atoms. The van der Waals surface area contributed by atoms with Gasteiger partial charge in [0.15, 0.2) is 5.82 Å². The molecule has 0 spiro atoms. The maximum atomic E-state index is 9.33. The van der Waals surface area contributed by atoms with Crippen molar-refractivity contribution in [2.75, 3.05) is 11.9 Å². The summed E-state index contributed by atoms with van der Waals surface area (Å²) in [5, 5.41) is 20.7. The third-order valence-electron chi connectivity index (χ3n) is 3.91. The average Bonchev–Trinajstić information content (AvgIpc) is 2.56. The summed E-state index contributed by atoms with van der Waals surface area (Å²) in [5.74, 6) is 1.40. The van der Waals surface area contributed by atoms with E-state index < -0.39 is 0 Å². The van der Waals surface area contributed by atoms with E-state index in [4.69, 9.17) is 4.74 Å². The predicted molar refractivity (Wildman–Crippen MR) is 90.6 cm³/mol. The smallest absolute Gasteiger partial charge is 0.167 e. The van der Waals surface area contributed by atoms with E-state index in [0.717, 1.165) is 29.0 Å². The maximum absolute atomic E-state index is 9.33. The highest BCUT2D eigenvalue weighted by atomic mass is 16.5. The summed E-state index contributed by atoms with van der Waals surface area (Å²) < 4.78 is 6.05. The van der Waals surface area contributed by atoms with Crippen molar-refractivity contribution in [3.05, 3.63) is 46.6 Å². The van der Waals surface area contributed by atoms with Crippen molar-refractivity contribution in [3.8, 4) is 11.8 Å². The van der Waals surface area contributed by atoms with Crippen molar-refractivity contribution in [2.45, 2.75) is 40.2 Å². The Morgan fingerprint density at radius 1 is 1.22 bits per heavy atom. The summed E-state index contributed by atoms with van der Waals surface area (Å²) in [7, 11) is 0. The van der Waals surface area contributed by atoms with Crippen molar-refractivity contribution in [1.29, 1.82) is 5.26 Å². The minimum atomic E-state index is -0.00829. The van der Waals surface area contributed by atoms with Gasteiger partial charge in [0, 0.05) is 0 Å². The van der Waals surface area contributed by atoms with Gasteiger partial charge in [-0.25, -0.2) is 0 Å². The zero-order valence-corrected chi connectivity index (χ0v) is 14.1. The zero-order valence-electron chi connectivity index (χ0n) is 14.1. The van der Waals surface area contributed by atoms with Crippen LogP contribution < -0.4 is 10.1 Å². The SMILES string of the molecule is CCC(CNc1nnc(C)c(C)c1C#N)Oc1ccccc1C. The van der Waals surface area contributed by atoms with Gasteiger partial charge in [0.2, 0.25) is 0 Å². The molecule has 1 N–H and O–H groups in total. The van der Waals surface area contributed by atoms with E-state index in [0.29, 0.717) is 17.9 Å². The van der Waals surface area contributed by atoms with Crippen molar-refractivity contribution < 1.29 is 4.74 Å². The number of ether oxygens (including phenoxy) is 1. The normalized spacial score (nSPS) is 11.6. The van der Waals surface area contributed by atoms with Gasteiger partial charge in [0.1, 0.15) is 23.5 Å². The lowest BCUT2D eigenvalue weighted by atomic mass is 10.1. The number of anilines is 1. The molecular weight excluding hydrogens is 288 g/mol. The number of aryl methyl sites for hydroxylation is 2. The number of rotatable bonds is 6. The predicted octanol–water partition coefficient (Wildman–Crippen LogP) is 3.54. The second-order valence-electron chi connectivity index (χ2n) is 5.54. The number of benzene rings is 1. The maximum Gasteiger partial charge on any atom is 0.167 e. The summed E-state index contributed by atoms with van der Waals surface area (Å²) in [4.78, 5) is 0. The lowest BCUT2D eigenvalue weighted by molar-refractivity contribution is 0.208. The van der Waals surface area contributed by atoms with Gasteiger partial charge in [0.25, 0.3) is 0 Å². The molecule has 0 amide bonds. The van der Waals surface area contributed by atoms with Crippen LogP contribution in [0.4, 0.5) is 5.82 Å². The molecule has 23 heavy (non-hydrogen) atoms. The van der Waals surface area contributed by atoms with Gasteiger partial charge in [-0.05, 0) is 44.4 Å². The molecule has 0 aliphatic heterocycles. The molecule has 0 aliphatic carbocycles. The summed E-state index contributed by atoms with van der Waals surface area (Å²) in [6, 6.07) is 10.1. The highest BCUT2D eigenvalue weighted by Crippen LogP contribution is 2.20. The number of hydrogen-bond acceptors (Lipinski definition) is 5. The van der Waals surface area contributed by atoms with Gasteiger partial charge in [-0.2, -0.15) is 10.4 Å². The number of hydrogen-bond donors (Lipinski definition) is 1. The van der Waals surface area contributed by atoms with E-state index in [2.05, 4.69) is 28.5 Å². The van der Waals surface area contributed by atoms with Crippen LogP contribution in [0.1, 0.15) is 35.7 Å². The van der Waals surface area contributed by atoms with Crippen LogP contribution in [0.25, 0.3) is 0 Å². The molecule has 2 rings (SSSR count). The Balaban J connectivity index is 2.08. The molecule has 1 heterocycles. The molecule has 5 heteroatoms. The second-order valence-corrected chi connectivity index (χ2v) is 5.54. The third kappa shape index (κ3) is 3.98. The standard InChI is InChI=1S/C18H22N4O/c1-5-15(23-17-9-7-6-8-12(17)2)11-20-18-16(10-19)13(3)14(4)21-22-18/h6-9,15H,5,11H2,1-4H3,(H,20,22). The van der Waals surface area contributed by atoms with Crippen molar-refractivity contribution >= 4 is 5.82 Å². The van der Waals surface area contributed by atoms with Crippen LogP contribution in [0.5, 0.6) is 5.75 Å². The van der Waals surface area contributed by atoms with Crippen LogP contribution >= 0.6 is 0 Å². The summed E-state index contributed by atoms with van der Waals surface area (Å²) in [5.41, 5.74) is 3.28. The van der Waals surface area contributed by atoms with Crippen LogP contribution in [0.15, 0.2) is 24.3 Å². The van der Waals surface area contributed by atoms with Gasteiger partial charge in [-0.3, -0.25) is 0 Å². The minimum absolute atomic E-state index is 0.00829. The van der Waals surface area contributed by atoms with Gasteiger partial charge < -0.3 is 10.1 Å². The molecule has 1 aromatic heterocycles. The van der Waals surface area contributed by atoms with E-state index in [9.17, 15) is 5.26 Å². The van der Waals surface area contributed by atoms with Crippen LogP contribution in [-0.4, -0.2) is 22.8 Å². The number of nitrogens with zero attached hydrogens (tertiary/aromatic N) is 3. The Kier molecular flexibility index (Phi) is 5.53. The fourth-order valence-corrected chi connectivity index (χ4v) is 2.22. The Labute approximate surface area is 137 Å². The van der Waals surface area contributed by atoms with E-state index >= 15 is 0 Å². The molecule has 1 unspecified atom stereocenters. The van der Waals surface area contributed by atoms with Gasteiger partial charge in [-0.1, -0.05) is 25.1 Å². The lowest BCUT2D eigenvalue weighted by Crippen LogP contribution is -2.26. The fraction of sp³-hybridized carbons (Fsp3) is 0.389. The molecule has 120 valence electrons. The average molecular weight is 310 g/mol. The Morgan fingerprint density at radius 2 is 1.96 bits per heavy atom. The van der Waals surface area contributed by atoms with Gasteiger partial charge >= 0.3 is 0 Å². The number of para-hydroxylation sites is 1. The molecule has 0 fully saturated rings. The highest BCUT2D eigenvalue weighted by Gasteiger charge is 2.14. The fourth-order valence-electron chi connectivity index (χ4n) is 2.22. The molecule has 1 atom stereocenters. The largest absolute Gasteiger partial charge is 0.488 e. The van der Waals surface area contributed by atoms with Crippen LogP contribution in [0.3, 0.4) is 0 Å². The van der Waals surface area contributed by atoms with E-state index in [1.165, 1.54) is 0 Å². The van der Waals surface area contributed by atoms with E-state index in [-0.39, 0.29) is 6.10 Å². The summed E-state index contributed by atoms with van der Waals surface area (Å²) in [6.07, 6.45) is 0.840. The summed E-state index contributed by atoms with van der Waals surface area (Å²) >= 11 is 0. The number of nitriles is 1. The van der Waals surface area contributed by atoms with E-state index in [1.54, 1.807) is 0 Å². The number of nitrogens with one attached hydrogen (secondary N) is 1. The van der Waals surface area contributed by atoms with Crippen LogP contribution in [0.2, 0.25) is 0 Å². The first-order valence-corrected chi connectivity index (χ1v) is 7.77. The lowest BCUT2D eigenvalue weighted by Gasteiger charge is -2.20. The molecule has 1 aromatic carbocycles. The first-order valence-electron chi connectivity index (χ1n) is 7.77. The quantitative estimate of drug-likeness (QED) is 0.883. The Bertz CT molecular complexity index is 721. The Morgan fingerprint density at radius 3 is 2.61 bits per heavy atom. The highest BCUT2D eigenvalue weighted by molar-refractivity contribution is 5.55. The molecule has 2 aromatic rings. The molecule has 0 saturated carbocycles. The molecule has 0 saturated heterocycles. The van der Waals surface area contributed by atoms with Crippen LogP contribution in [-0.2, 0) is 0 Å². The summed E-state index contributed by atoms with van der Waals surface area (Å²) in [6.45, 7) is 8.40. The third-order valence-corrected chi connectivity index (χ3v) is 3.91. The molecule has 0 radical (unpaired) electrons. The van der Waals surface area contributed by atoms with Gasteiger partial charge in [0.05, 0.1) is 12.2 Å². The first kappa shape index (κ1) is 16.8. The number of aromatic nitrogens is 2. The monoisotopic (exact) mass is 310 g/mol. The first-order chi connectivity index (χ1) is 11.1. The van der Waals surface area contributed by atoms with E-state index in [1.807, 2.05) is 45.0 Å². The molecule has 5 nitrogen and oxygen atoms in total. The minimum Gasteiger partial charge on any atom is -0.488 e. The second kappa shape index (κ2) is 7.59.